The summed E-state index contributed by atoms with van der Waals surface area (Å²) in [5, 5.41) is 14.2. The van der Waals surface area contributed by atoms with Gasteiger partial charge in [-0.1, -0.05) is 54.6 Å². The van der Waals surface area contributed by atoms with Crippen LogP contribution in [0.15, 0.2) is 66.7 Å². The van der Waals surface area contributed by atoms with Crippen LogP contribution in [0.1, 0.15) is 18.0 Å². The number of carboxylic acids is 1. The number of anilines is 1. The first-order valence-corrected chi connectivity index (χ1v) is 9.72. The Morgan fingerprint density at radius 2 is 1.77 bits per heavy atom. The van der Waals surface area contributed by atoms with Crippen molar-refractivity contribution >= 4 is 39.6 Å². The number of para-hydroxylation sites is 2. The van der Waals surface area contributed by atoms with Gasteiger partial charge in [-0.25, -0.2) is 4.98 Å². The van der Waals surface area contributed by atoms with E-state index in [4.69, 9.17) is 10.8 Å². The van der Waals surface area contributed by atoms with Gasteiger partial charge in [-0.05, 0) is 28.5 Å². The van der Waals surface area contributed by atoms with Gasteiger partial charge in [0.1, 0.15) is 6.04 Å². The van der Waals surface area contributed by atoms with Crippen LogP contribution in [0, 0.1) is 0 Å². The molecule has 30 heavy (non-hydrogen) atoms. The minimum Gasteiger partial charge on any atom is -0.481 e. The molecule has 152 valence electrons. The molecule has 4 N–H and O–H groups in total. The predicted octanol–water partition coefficient (Wildman–Crippen LogP) is 3.35. The van der Waals surface area contributed by atoms with E-state index in [0.29, 0.717) is 17.9 Å². The summed E-state index contributed by atoms with van der Waals surface area (Å²) < 4.78 is 1.77. The molecule has 7 nitrogen and oxygen atoms in total. The number of nitrogens with zero attached hydrogens (tertiary/aromatic N) is 2. The van der Waals surface area contributed by atoms with Crippen LogP contribution in [-0.2, 0) is 16.0 Å². The van der Waals surface area contributed by atoms with Crippen molar-refractivity contribution in [2.45, 2.75) is 18.9 Å². The maximum atomic E-state index is 12.5. The third-order valence-corrected chi connectivity index (χ3v) is 5.10. The Balaban J connectivity index is 1.73. The second-order valence-corrected chi connectivity index (χ2v) is 7.17. The second-order valence-electron chi connectivity index (χ2n) is 7.17. The lowest BCUT2D eigenvalue weighted by molar-refractivity contribution is -0.136. The summed E-state index contributed by atoms with van der Waals surface area (Å²) in [7, 11) is 0. The van der Waals surface area contributed by atoms with Crippen LogP contribution in [0.4, 0.5) is 5.95 Å². The van der Waals surface area contributed by atoms with E-state index in [1.54, 1.807) is 4.57 Å². The first kappa shape index (κ1) is 19.4. The number of amides is 1. The summed E-state index contributed by atoms with van der Waals surface area (Å²) in [5.74, 6) is -0.956. The number of rotatable bonds is 8. The average molecular weight is 402 g/mol. The van der Waals surface area contributed by atoms with Crippen LogP contribution >= 0.6 is 0 Å². The summed E-state index contributed by atoms with van der Waals surface area (Å²) in [5.41, 5.74) is 8.27. The minimum atomic E-state index is -0.909. The Labute approximate surface area is 173 Å². The first-order chi connectivity index (χ1) is 14.5. The zero-order valence-corrected chi connectivity index (χ0v) is 16.3. The highest BCUT2D eigenvalue weighted by Gasteiger charge is 2.24. The van der Waals surface area contributed by atoms with Crippen molar-refractivity contribution in [2.24, 2.45) is 5.73 Å². The third-order valence-electron chi connectivity index (χ3n) is 5.10. The van der Waals surface area contributed by atoms with Crippen molar-refractivity contribution in [1.29, 1.82) is 0 Å². The lowest BCUT2D eigenvalue weighted by Crippen LogP contribution is -2.29. The SMILES string of the molecule is NC(=O)C(Cc1ccc2ccccc2c1)n1c(NCCC(=O)O)nc2ccccc21. The number of carbonyl (C=O) groups is 2. The van der Waals surface area contributed by atoms with E-state index in [0.717, 1.165) is 21.9 Å². The number of carboxylic acid groups (broad SMARTS) is 1. The number of nitrogens with one attached hydrogen (secondary N) is 1. The van der Waals surface area contributed by atoms with Crippen molar-refractivity contribution < 1.29 is 14.7 Å². The van der Waals surface area contributed by atoms with Gasteiger partial charge in [0.2, 0.25) is 11.9 Å². The van der Waals surface area contributed by atoms with Gasteiger partial charge in [0.25, 0.3) is 0 Å². The summed E-state index contributed by atoms with van der Waals surface area (Å²) >= 11 is 0. The Hall–Kier alpha value is -3.87. The monoisotopic (exact) mass is 402 g/mol. The van der Waals surface area contributed by atoms with Crippen LogP contribution in [0.25, 0.3) is 21.8 Å². The molecule has 0 fully saturated rings. The number of hydrogen-bond donors (Lipinski definition) is 3. The van der Waals surface area contributed by atoms with Crippen molar-refractivity contribution in [2.75, 3.05) is 11.9 Å². The van der Waals surface area contributed by atoms with E-state index in [1.807, 2.05) is 60.7 Å². The molecule has 1 atom stereocenters. The highest BCUT2D eigenvalue weighted by Crippen LogP contribution is 2.28. The average Bonchev–Trinajstić information content (AvgIpc) is 3.09. The second kappa shape index (κ2) is 8.24. The molecule has 0 bridgehead atoms. The van der Waals surface area contributed by atoms with Gasteiger partial charge in [-0.3, -0.25) is 14.2 Å². The Morgan fingerprint density at radius 1 is 1.03 bits per heavy atom. The molecule has 1 aromatic heterocycles. The van der Waals surface area contributed by atoms with E-state index in [2.05, 4.69) is 16.4 Å². The van der Waals surface area contributed by atoms with Gasteiger partial charge in [0.15, 0.2) is 0 Å². The maximum absolute atomic E-state index is 12.5. The molecule has 1 amide bonds. The van der Waals surface area contributed by atoms with E-state index >= 15 is 0 Å². The zero-order chi connectivity index (χ0) is 21.1. The van der Waals surface area contributed by atoms with Gasteiger partial charge >= 0.3 is 5.97 Å². The van der Waals surface area contributed by atoms with Crippen LogP contribution in [-0.4, -0.2) is 33.1 Å². The molecule has 0 spiro atoms. The van der Waals surface area contributed by atoms with E-state index in [9.17, 15) is 9.59 Å². The number of aliphatic carboxylic acids is 1. The third kappa shape index (κ3) is 3.96. The molecule has 0 aliphatic heterocycles. The summed E-state index contributed by atoms with van der Waals surface area (Å²) in [6.45, 7) is 0.195. The van der Waals surface area contributed by atoms with E-state index in [-0.39, 0.29) is 13.0 Å². The van der Waals surface area contributed by atoms with Crippen LogP contribution in [0.2, 0.25) is 0 Å². The molecule has 1 unspecified atom stereocenters. The maximum Gasteiger partial charge on any atom is 0.305 e. The number of carbonyl (C=O) groups excluding carboxylic acids is 1. The fourth-order valence-corrected chi connectivity index (χ4v) is 3.67. The number of primary amides is 1. The lowest BCUT2D eigenvalue weighted by Gasteiger charge is -2.20. The number of fused-ring (bicyclic) bond motifs is 2. The number of hydrogen-bond acceptors (Lipinski definition) is 4. The number of imidazole rings is 1. The number of aromatic nitrogens is 2. The minimum absolute atomic E-state index is 0.0604. The smallest absolute Gasteiger partial charge is 0.305 e. The molecule has 0 radical (unpaired) electrons. The largest absolute Gasteiger partial charge is 0.481 e. The summed E-state index contributed by atoms with van der Waals surface area (Å²) in [6.07, 6.45) is 0.337. The predicted molar refractivity (Wildman–Crippen MR) is 116 cm³/mol. The Kier molecular flexibility index (Phi) is 5.34. The molecule has 7 heteroatoms. The molecule has 4 rings (SSSR count). The Bertz CT molecular complexity index is 1230. The Morgan fingerprint density at radius 3 is 2.53 bits per heavy atom. The fourth-order valence-electron chi connectivity index (χ4n) is 3.67. The molecular weight excluding hydrogens is 380 g/mol. The van der Waals surface area contributed by atoms with E-state index in [1.165, 1.54) is 0 Å². The molecule has 0 saturated carbocycles. The van der Waals surface area contributed by atoms with Gasteiger partial charge in [-0.15, -0.1) is 0 Å². The first-order valence-electron chi connectivity index (χ1n) is 9.72. The normalized spacial score (nSPS) is 12.1. The lowest BCUT2D eigenvalue weighted by atomic mass is 10.0. The zero-order valence-electron chi connectivity index (χ0n) is 16.3. The molecule has 3 aromatic carbocycles. The number of nitrogens with two attached hydrogens (primary N) is 1. The summed E-state index contributed by atoms with van der Waals surface area (Å²) in [4.78, 5) is 27.9. The van der Waals surface area contributed by atoms with E-state index < -0.39 is 17.9 Å². The standard InChI is InChI=1S/C23H22N4O3/c24-22(30)20(14-15-9-10-16-5-1-2-6-17(16)13-15)27-19-8-4-3-7-18(19)26-23(27)25-12-11-21(28)29/h1-10,13,20H,11-12,14H2,(H2,24,30)(H,25,26)(H,28,29). The van der Waals surface area contributed by atoms with Gasteiger partial charge in [0.05, 0.1) is 17.5 Å². The molecule has 4 aromatic rings. The highest BCUT2D eigenvalue weighted by molar-refractivity contribution is 5.86. The van der Waals surface area contributed by atoms with Gasteiger partial charge in [-0.2, -0.15) is 0 Å². The van der Waals surface area contributed by atoms with Crippen molar-refractivity contribution in [1.82, 2.24) is 9.55 Å². The van der Waals surface area contributed by atoms with Gasteiger partial charge < -0.3 is 16.2 Å². The quantitative estimate of drug-likeness (QED) is 0.419. The molecule has 0 saturated heterocycles. The van der Waals surface area contributed by atoms with Crippen molar-refractivity contribution in [3.05, 3.63) is 72.3 Å². The summed E-state index contributed by atoms with van der Waals surface area (Å²) in [6, 6.07) is 20.9. The van der Waals surface area contributed by atoms with Crippen molar-refractivity contribution in [3.63, 3.8) is 0 Å². The fraction of sp³-hybridized carbons (Fsp3) is 0.174. The topological polar surface area (TPSA) is 110 Å². The van der Waals surface area contributed by atoms with Crippen LogP contribution in [0.3, 0.4) is 0 Å². The molecule has 0 aliphatic carbocycles. The molecular formula is C23H22N4O3. The van der Waals surface area contributed by atoms with Crippen molar-refractivity contribution in [3.8, 4) is 0 Å². The molecule has 0 aliphatic rings. The highest BCUT2D eigenvalue weighted by atomic mass is 16.4. The van der Waals surface area contributed by atoms with Crippen LogP contribution in [0.5, 0.6) is 0 Å². The van der Waals surface area contributed by atoms with Crippen LogP contribution < -0.4 is 11.1 Å². The molecule has 1 heterocycles. The number of benzene rings is 3. The van der Waals surface area contributed by atoms with Gasteiger partial charge in [0, 0.05) is 13.0 Å².